The summed E-state index contributed by atoms with van der Waals surface area (Å²) in [5.74, 6) is -0.393. The number of nitrogens with two attached hydrogens (primary N) is 1. The van der Waals surface area contributed by atoms with Crippen LogP contribution in [0.1, 0.15) is 35.4 Å². The van der Waals surface area contributed by atoms with Gasteiger partial charge < -0.3 is 5.73 Å². The third kappa shape index (κ3) is 3.46. The van der Waals surface area contributed by atoms with E-state index in [0.717, 1.165) is 11.3 Å². The molecule has 1 aliphatic carbocycles. The first-order chi connectivity index (χ1) is 12.2. The van der Waals surface area contributed by atoms with Gasteiger partial charge in [-0.15, -0.1) is 0 Å². The van der Waals surface area contributed by atoms with Crippen molar-refractivity contribution in [2.24, 2.45) is 5.73 Å². The number of urea groups is 1. The Morgan fingerprint density at radius 2 is 1.92 bits per heavy atom. The van der Waals surface area contributed by atoms with E-state index in [1.165, 1.54) is 6.07 Å². The highest BCUT2D eigenvalue weighted by molar-refractivity contribution is 6.31. The number of nitrogens with zero attached hydrogens (tertiary/aromatic N) is 3. The quantitative estimate of drug-likeness (QED) is 0.825. The lowest BCUT2D eigenvalue weighted by Gasteiger charge is -2.25. The molecule has 5 nitrogen and oxygen atoms in total. The van der Waals surface area contributed by atoms with Gasteiger partial charge in [0.15, 0.2) is 5.69 Å². The van der Waals surface area contributed by atoms with E-state index in [1.54, 1.807) is 19.1 Å². The van der Waals surface area contributed by atoms with Crippen LogP contribution in [-0.4, -0.2) is 16.0 Å². The number of halogens is 4. The molecule has 2 N–H and O–H groups in total. The molecule has 2 aromatic rings. The number of carbonyl (C=O) groups excluding carboxylic acids is 1. The fourth-order valence-corrected chi connectivity index (χ4v) is 3.23. The van der Waals surface area contributed by atoms with Crippen molar-refractivity contribution >= 4 is 29.3 Å². The van der Waals surface area contributed by atoms with Gasteiger partial charge in [-0.25, -0.2) is 19.7 Å². The Kier molecular flexibility index (Phi) is 4.79. The van der Waals surface area contributed by atoms with Gasteiger partial charge in [0.05, 0.1) is 5.69 Å². The van der Waals surface area contributed by atoms with Crippen LogP contribution in [0.2, 0.25) is 5.02 Å². The number of benzene rings is 1. The van der Waals surface area contributed by atoms with Crippen LogP contribution in [0.15, 0.2) is 18.2 Å². The topological polar surface area (TPSA) is 72.1 Å². The third-order valence-corrected chi connectivity index (χ3v) is 4.51. The number of rotatable bonds is 2. The lowest BCUT2D eigenvalue weighted by molar-refractivity contribution is -0.142. The Morgan fingerprint density at radius 3 is 2.58 bits per heavy atom. The molecule has 1 aromatic carbocycles. The van der Waals surface area contributed by atoms with Crippen molar-refractivity contribution in [2.45, 2.75) is 38.8 Å². The van der Waals surface area contributed by atoms with Gasteiger partial charge in [-0.3, -0.25) is 0 Å². The second-order valence-electron chi connectivity index (χ2n) is 6.11. The maximum absolute atomic E-state index is 13.5. The highest BCUT2D eigenvalue weighted by atomic mass is 35.5. The molecule has 0 saturated carbocycles. The monoisotopic (exact) mass is 384 g/mol. The van der Waals surface area contributed by atoms with E-state index < -0.39 is 23.8 Å². The molecule has 2 amide bonds. The van der Waals surface area contributed by atoms with Crippen LogP contribution in [0, 0.1) is 6.92 Å². The van der Waals surface area contributed by atoms with Crippen LogP contribution in [-0.2, 0) is 19.0 Å². The second kappa shape index (κ2) is 6.75. The molecule has 0 bridgehead atoms. The van der Waals surface area contributed by atoms with E-state index >= 15 is 0 Å². The first-order valence-corrected chi connectivity index (χ1v) is 8.39. The van der Waals surface area contributed by atoms with Crippen molar-refractivity contribution in [2.75, 3.05) is 4.90 Å². The fourth-order valence-electron chi connectivity index (χ4n) is 3.06. The number of anilines is 2. The van der Waals surface area contributed by atoms with Crippen LogP contribution in [0.3, 0.4) is 0 Å². The summed E-state index contributed by atoms with van der Waals surface area (Å²) in [5, 5.41) is 0.311. The second-order valence-corrected chi connectivity index (χ2v) is 6.54. The molecular weight excluding hydrogens is 369 g/mol. The van der Waals surface area contributed by atoms with Gasteiger partial charge in [-0.2, -0.15) is 13.2 Å². The Labute approximate surface area is 153 Å². The Balaban J connectivity index is 2.22. The van der Waals surface area contributed by atoms with Gasteiger partial charge >= 0.3 is 12.2 Å². The molecule has 1 heterocycles. The molecular formula is C17H16ClF3N4O. The average molecular weight is 385 g/mol. The largest absolute Gasteiger partial charge is 0.433 e. The zero-order chi connectivity index (χ0) is 19.1. The first-order valence-electron chi connectivity index (χ1n) is 8.01. The van der Waals surface area contributed by atoms with Crippen LogP contribution in [0.25, 0.3) is 0 Å². The van der Waals surface area contributed by atoms with Crippen LogP contribution in [0.5, 0.6) is 0 Å². The molecule has 1 aliphatic rings. The maximum atomic E-state index is 13.5. The van der Waals surface area contributed by atoms with Crippen molar-refractivity contribution in [1.29, 1.82) is 0 Å². The van der Waals surface area contributed by atoms with Gasteiger partial charge in [-0.1, -0.05) is 17.7 Å². The number of alkyl halides is 3. The standard InChI is InChI=1S/C17H16ClF3N4O/c1-9-6-7-10(18)8-13(9)25(15(22)26)16-23-12-5-3-2-4-11(12)14(24-16)17(19,20)21/h6-8H,2-5H2,1H3,(H2,22,26). The molecule has 0 atom stereocenters. The smallest absolute Gasteiger partial charge is 0.351 e. The molecule has 138 valence electrons. The Hall–Kier alpha value is -2.35. The van der Waals surface area contributed by atoms with Crippen LogP contribution < -0.4 is 10.6 Å². The van der Waals surface area contributed by atoms with E-state index in [0.29, 0.717) is 29.1 Å². The predicted octanol–water partition coefficient (Wildman–Crippen LogP) is 4.55. The molecule has 9 heteroatoms. The maximum Gasteiger partial charge on any atom is 0.433 e. The molecule has 0 fully saturated rings. The number of amides is 2. The van der Waals surface area contributed by atoms with Gasteiger partial charge in [0.2, 0.25) is 5.95 Å². The Morgan fingerprint density at radius 1 is 1.23 bits per heavy atom. The molecule has 0 saturated heterocycles. The number of fused-ring (bicyclic) bond motifs is 1. The summed E-state index contributed by atoms with van der Waals surface area (Å²) in [6.07, 6.45) is -2.61. The minimum atomic E-state index is -4.65. The van der Waals surface area contributed by atoms with E-state index in [1.807, 2.05) is 0 Å². The summed E-state index contributed by atoms with van der Waals surface area (Å²) in [6.45, 7) is 1.69. The van der Waals surface area contributed by atoms with E-state index in [2.05, 4.69) is 9.97 Å². The summed E-state index contributed by atoms with van der Waals surface area (Å²) < 4.78 is 40.6. The Bertz CT molecular complexity index is 870. The highest BCUT2D eigenvalue weighted by Gasteiger charge is 2.39. The molecule has 0 spiro atoms. The summed E-state index contributed by atoms with van der Waals surface area (Å²) >= 11 is 5.97. The summed E-state index contributed by atoms with van der Waals surface area (Å²) in [5.41, 5.74) is 5.67. The summed E-state index contributed by atoms with van der Waals surface area (Å²) in [6, 6.07) is 3.70. The predicted molar refractivity (Wildman–Crippen MR) is 91.6 cm³/mol. The normalized spacial score (nSPS) is 14.0. The van der Waals surface area contributed by atoms with E-state index in [4.69, 9.17) is 17.3 Å². The first kappa shape index (κ1) is 18.4. The number of aryl methyl sites for hydroxylation is 2. The van der Waals surface area contributed by atoms with E-state index in [9.17, 15) is 18.0 Å². The third-order valence-electron chi connectivity index (χ3n) is 4.27. The number of primary amides is 1. The lowest BCUT2D eigenvalue weighted by Crippen LogP contribution is -2.34. The molecule has 26 heavy (non-hydrogen) atoms. The number of carbonyl (C=O) groups is 1. The lowest BCUT2D eigenvalue weighted by atomic mass is 9.94. The van der Waals surface area contributed by atoms with Crippen molar-refractivity contribution in [1.82, 2.24) is 9.97 Å². The van der Waals surface area contributed by atoms with Crippen molar-refractivity contribution in [3.63, 3.8) is 0 Å². The number of aromatic nitrogens is 2. The zero-order valence-corrected chi connectivity index (χ0v) is 14.7. The van der Waals surface area contributed by atoms with Gasteiger partial charge in [-0.05, 0) is 50.3 Å². The van der Waals surface area contributed by atoms with Crippen molar-refractivity contribution < 1.29 is 18.0 Å². The van der Waals surface area contributed by atoms with Gasteiger partial charge in [0.1, 0.15) is 0 Å². The summed E-state index contributed by atoms with van der Waals surface area (Å²) in [7, 11) is 0. The minimum absolute atomic E-state index is 0.0970. The molecule has 0 unspecified atom stereocenters. The molecule has 0 radical (unpaired) electrons. The molecule has 3 rings (SSSR count). The number of hydrogen-bond acceptors (Lipinski definition) is 3. The molecule has 0 aliphatic heterocycles. The SMILES string of the molecule is Cc1ccc(Cl)cc1N(C(N)=O)c1nc2c(c(C(F)(F)F)n1)CCCC2. The fraction of sp³-hybridized carbons (Fsp3) is 0.353. The van der Waals surface area contributed by atoms with Crippen molar-refractivity contribution in [3.8, 4) is 0 Å². The minimum Gasteiger partial charge on any atom is -0.351 e. The summed E-state index contributed by atoms with van der Waals surface area (Å²) in [4.78, 5) is 20.8. The van der Waals surface area contributed by atoms with E-state index in [-0.39, 0.29) is 17.7 Å². The van der Waals surface area contributed by atoms with Gasteiger partial charge in [0, 0.05) is 16.3 Å². The van der Waals surface area contributed by atoms with Crippen LogP contribution >= 0.6 is 11.6 Å². The zero-order valence-electron chi connectivity index (χ0n) is 13.9. The highest BCUT2D eigenvalue weighted by Crippen LogP contribution is 2.37. The van der Waals surface area contributed by atoms with Gasteiger partial charge in [0.25, 0.3) is 0 Å². The molecule has 1 aromatic heterocycles. The average Bonchev–Trinajstić information content (AvgIpc) is 2.56. The number of hydrogen-bond donors (Lipinski definition) is 1. The van der Waals surface area contributed by atoms with Crippen LogP contribution in [0.4, 0.5) is 29.6 Å². The van der Waals surface area contributed by atoms with Crippen molar-refractivity contribution in [3.05, 3.63) is 45.7 Å².